The number of hydrogen-bond acceptors (Lipinski definition) is 2. The Hall–Kier alpha value is -1.64. The van der Waals surface area contributed by atoms with Gasteiger partial charge in [-0.1, -0.05) is 32.6 Å². The van der Waals surface area contributed by atoms with Gasteiger partial charge in [-0.25, -0.2) is 4.99 Å². The zero-order chi connectivity index (χ0) is 16.7. The van der Waals surface area contributed by atoms with Crippen LogP contribution in [0.3, 0.4) is 0 Å². The molecule has 3 heteroatoms. The first kappa shape index (κ1) is 15.9. The van der Waals surface area contributed by atoms with Gasteiger partial charge in [-0.05, 0) is 73.1 Å². The van der Waals surface area contributed by atoms with Crippen LogP contribution >= 0.6 is 0 Å². The third-order valence-corrected chi connectivity index (χ3v) is 6.73. The van der Waals surface area contributed by atoms with Crippen LogP contribution in [0.4, 0.5) is 0 Å². The number of nitrogens with one attached hydrogen (secondary N) is 1. The molecule has 1 heterocycles. The van der Waals surface area contributed by atoms with Gasteiger partial charge in [0.15, 0.2) is 5.84 Å². The number of rotatable bonds is 1. The summed E-state index contributed by atoms with van der Waals surface area (Å²) in [7, 11) is 0. The largest absolute Gasteiger partial charge is 0.383 e. The molecule has 24 heavy (non-hydrogen) atoms. The van der Waals surface area contributed by atoms with Crippen molar-refractivity contribution in [3.8, 4) is 0 Å². The number of nitrogens with zero attached hydrogens (tertiary/aromatic N) is 1. The molecule has 0 spiro atoms. The van der Waals surface area contributed by atoms with E-state index in [0.29, 0.717) is 17.1 Å². The van der Waals surface area contributed by atoms with Crippen LogP contribution in [0.25, 0.3) is 0 Å². The molecule has 2 aliphatic carbocycles. The minimum absolute atomic E-state index is 0.339. The summed E-state index contributed by atoms with van der Waals surface area (Å²) in [6.45, 7) is 2.53. The standard InChI is InChI=1S/C21H29N3/c1-21(16-8-4-2-3-5-9-16)10-6-7-14-11-17-18(12-15(14)13-21)20(23)24-19(17)22/h11-12,16H,2-10,13H2,1H3,(H3,22,23,24). The average Bonchev–Trinajstić information content (AvgIpc) is 2.80. The summed E-state index contributed by atoms with van der Waals surface area (Å²) in [6, 6.07) is 4.46. The normalized spacial score (nSPS) is 27.9. The van der Waals surface area contributed by atoms with Crippen molar-refractivity contribution in [3.05, 3.63) is 34.4 Å². The van der Waals surface area contributed by atoms with Crippen LogP contribution in [-0.2, 0) is 12.8 Å². The summed E-state index contributed by atoms with van der Waals surface area (Å²) in [6.07, 6.45) is 13.4. The lowest BCUT2D eigenvalue weighted by Crippen LogP contribution is -2.29. The third-order valence-electron chi connectivity index (χ3n) is 6.73. The predicted octanol–water partition coefficient (Wildman–Crippen LogP) is 4.59. The van der Waals surface area contributed by atoms with Gasteiger partial charge in [0.1, 0.15) is 5.84 Å². The molecule has 3 nitrogen and oxygen atoms in total. The van der Waals surface area contributed by atoms with Gasteiger partial charge in [0, 0.05) is 11.1 Å². The molecule has 1 saturated carbocycles. The molecule has 4 rings (SSSR count). The van der Waals surface area contributed by atoms with E-state index in [-0.39, 0.29) is 0 Å². The number of aliphatic imine (C=N–C) groups is 1. The number of aryl methyl sites for hydroxylation is 1. The molecule has 1 aromatic carbocycles. The minimum Gasteiger partial charge on any atom is -0.383 e. The molecule has 0 radical (unpaired) electrons. The smallest absolute Gasteiger partial charge is 0.154 e. The molecule has 1 atom stereocenters. The van der Waals surface area contributed by atoms with E-state index in [1.54, 1.807) is 0 Å². The second kappa shape index (κ2) is 6.02. The van der Waals surface area contributed by atoms with E-state index in [9.17, 15) is 0 Å². The fourth-order valence-corrected chi connectivity index (χ4v) is 5.27. The Kier molecular flexibility index (Phi) is 3.98. The summed E-state index contributed by atoms with van der Waals surface area (Å²) in [5, 5.41) is 8.09. The predicted molar refractivity (Wildman–Crippen MR) is 99.9 cm³/mol. The molecular formula is C21H29N3. The lowest BCUT2D eigenvalue weighted by atomic mass is 9.68. The van der Waals surface area contributed by atoms with Gasteiger partial charge in [-0.3, -0.25) is 5.41 Å². The molecule has 1 unspecified atom stereocenters. The summed E-state index contributed by atoms with van der Waals surface area (Å²) < 4.78 is 0. The maximum atomic E-state index is 8.09. The van der Waals surface area contributed by atoms with Crippen LogP contribution in [0, 0.1) is 16.7 Å². The minimum atomic E-state index is 0.339. The van der Waals surface area contributed by atoms with E-state index in [0.717, 1.165) is 29.9 Å². The van der Waals surface area contributed by atoms with Gasteiger partial charge in [0.25, 0.3) is 0 Å². The zero-order valence-electron chi connectivity index (χ0n) is 14.8. The molecule has 1 aromatic rings. The van der Waals surface area contributed by atoms with E-state index in [4.69, 9.17) is 11.1 Å². The first-order valence-corrected chi connectivity index (χ1v) is 9.66. The van der Waals surface area contributed by atoms with Crippen molar-refractivity contribution < 1.29 is 0 Å². The fourth-order valence-electron chi connectivity index (χ4n) is 5.27. The van der Waals surface area contributed by atoms with Crippen molar-refractivity contribution in [1.82, 2.24) is 0 Å². The molecule has 128 valence electrons. The SMILES string of the molecule is CC1(C2CCCCCC2)CCCc2cc3c(cc2C1)C(=N)N=C3N. The number of fused-ring (bicyclic) bond motifs is 2. The van der Waals surface area contributed by atoms with Crippen molar-refractivity contribution in [2.24, 2.45) is 22.1 Å². The van der Waals surface area contributed by atoms with E-state index >= 15 is 0 Å². The number of amidine groups is 2. The van der Waals surface area contributed by atoms with Crippen LogP contribution in [0.15, 0.2) is 17.1 Å². The van der Waals surface area contributed by atoms with E-state index < -0.39 is 0 Å². The Morgan fingerprint density at radius 1 is 1.04 bits per heavy atom. The van der Waals surface area contributed by atoms with Crippen molar-refractivity contribution >= 4 is 11.7 Å². The van der Waals surface area contributed by atoms with Crippen LogP contribution < -0.4 is 5.73 Å². The van der Waals surface area contributed by atoms with Gasteiger partial charge in [-0.15, -0.1) is 0 Å². The second-order valence-corrected chi connectivity index (χ2v) is 8.39. The van der Waals surface area contributed by atoms with Gasteiger partial charge >= 0.3 is 0 Å². The summed E-state index contributed by atoms with van der Waals surface area (Å²) in [5.41, 5.74) is 11.2. The van der Waals surface area contributed by atoms with Crippen molar-refractivity contribution in [2.45, 2.75) is 71.1 Å². The molecule has 0 bridgehead atoms. The molecule has 0 aromatic heterocycles. The summed E-state index contributed by atoms with van der Waals surface area (Å²) >= 11 is 0. The number of hydrogen-bond donors (Lipinski definition) is 2. The second-order valence-electron chi connectivity index (χ2n) is 8.39. The van der Waals surface area contributed by atoms with E-state index in [1.165, 1.54) is 62.5 Å². The third kappa shape index (κ3) is 2.68. The average molecular weight is 323 g/mol. The fraction of sp³-hybridized carbons (Fsp3) is 0.619. The Labute approximate surface area is 145 Å². The highest BCUT2D eigenvalue weighted by Crippen LogP contribution is 2.46. The van der Waals surface area contributed by atoms with Gasteiger partial charge in [0.05, 0.1) is 0 Å². The lowest BCUT2D eigenvalue weighted by Gasteiger charge is -2.37. The van der Waals surface area contributed by atoms with Crippen LogP contribution in [0.1, 0.15) is 80.5 Å². The Morgan fingerprint density at radius 3 is 2.50 bits per heavy atom. The highest BCUT2D eigenvalue weighted by Gasteiger charge is 2.36. The topological polar surface area (TPSA) is 62.2 Å². The number of nitrogens with two attached hydrogens (primary N) is 1. The van der Waals surface area contributed by atoms with Crippen LogP contribution in [0.5, 0.6) is 0 Å². The highest BCUT2D eigenvalue weighted by atomic mass is 14.9. The Bertz CT molecular complexity index is 695. The van der Waals surface area contributed by atoms with Crippen LogP contribution in [0.2, 0.25) is 0 Å². The Morgan fingerprint density at radius 2 is 1.75 bits per heavy atom. The molecule has 3 N–H and O–H groups in total. The quantitative estimate of drug-likeness (QED) is 0.576. The molecular weight excluding hydrogens is 294 g/mol. The molecule has 1 fully saturated rings. The van der Waals surface area contributed by atoms with Gasteiger partial charge in [0.2, 0.25) is 0 Å². The maximum Gasteiger partial charge on any atom is 0.154 e. The van der Waals surface area contributed by atoms with Crippen molar-refractivity contribution in [3.63, 3.8) is 0 Å². The van der Waals surface area contributed by atoms with Crippen molar-refractivity contribution in [1.29, 1.82) is 5.41 Å². The molecule has 3 aliphatic rings. The van der Waals surface area contributed by atoms with Crippen molar-refractivity contribution in [2.75, 3.05) is 0 Å². The molecule has 0 saturated heterocycles. The summed E-state index contributed by atoms with van der Waals surface area (Å²) in [4.78, 5) is 4.17. The monoisotopic (exact) mass is 323 g/mol. The van der Waals surface area contributed by atoms with Crippen LogP contribution in [-0.4, -0.2) is 11.7 Å². The zero-order valence-corrected chi connectivity index (χ0v) is 14.8. The maximum absolute atomic E-state index is 8.09. The van der Waals surface area contributed by atoms with E-state index in [2.05, 4.69) is 24.0 Å². The van der Waals surface area contributed by atoms with Gasteiger partial charge < -0.3 is 5.73 Å². The lowest BCUT2D eigenvalue weighted by molar-refractivity contribution is 0.149. The first-order chi connectivity index (χ1) is 11.6. The summed E-state index contributed by atoms with van der Waals surface area (Å²) in [5.74, 6) is 1.72. The molecule has 0 amide bonds. The highest BCUT2D eigenvalue weighted by molar-refractivity contribution is 6.21. The van der Waals surface area contributed by atoms with Gasteiger partial charge in [-0.2, -0.15) is 0 Å². The number of benzene rings is 1. The first-order valence-electron chi connectivity index (χ1n) is 9.66. The Balaban J connectivity index is 1.68. The molecule has 1 aliphatic heterocycles. The van der Waals surface area contributed by atoms with E-state index in [1.807, 2.05) is 0 Å².